The Bertz CT molecular complexity index is 18.9. The average Bonchev–Trinajstić information content (AvgIpc) is 1.38. The van der Waals surface area contributed by atoms with Crippen LogP contribution >= 0.6 is 25.3 Å². The maximum Gasteiger partial charge on any atom is 0.0707 e. The molecule has 0 nitrogen and oxygen atoms in total. The average molecular weight is 106 g/mol. The molecular formula is C3H6S2. The summed E-state index contributed by atoms with van der Waals surface area (Å²) in [6, 6.07) is 0. The molecule has 0 fully saturated rings. The Kier molecular flexibility index (Phi) is 3.32. The van der Waals surface area contributed by atoms with Crippen LogP contribution in [0.25, 0.3) is 0 Å². The topological polar surface area (TPSA) is 0 Å². The minimum absolute atomic E-state index is 0.0509. The van der Waals surface area contributed by atoms with Gasteiger partial charge in [0.15, 0.2) is 0 Å². The Labute approximate surface area is 43.8 Å². The molecule has 0 bridgehead atoms. The summed E-state index contributed by atoms with van der Waals surface area (Å²) in [5.74, 6) is 0. The predicted octanol–water partition coefficient (Wildman–Crippen LogP) is 2.12. The van der Waals surface area contributed by atoms with Gasteiger partial charge in [-0.15, -0.1) is 0 Å². The van der Waals surface area contributed by atoms with E-state index in [0.717, 1.165) is 6.42 Å². The van der Waals surface area contributed by atoms with Crippen molar-refractivity contribution < 1.29 is 0 Å². The zero-order chi connectivity index (χ0) is 4.28. The number of hydrogen-bond acceptors (Lipinski definition) is 0. The highest BCUT2D eigenvalue weighted by atomic mass is 32.2. The molecule has 0 unspecified atom stereocenters. The fourth-order valence-corrected chi connectivity index (χ4v) is 0. The van der Waals surface area contributed by atoms with Gasteiger partial charge in [-0.3, -0.25) is 0 Å². The van der Waals surface area contributed by atoms with Gasteiger partial charge < -0.3 is 0 Å². The van der Waals surface area contributed by atoms with Crippen LogP contribution in [0.1, 0.15) is 13.3 Å². The molecule has 0 aliphatic carbocycles. The lowest BCUT2D eigenvalue weighted by atomic mass is 10.6. The van der Waals surface area contributed by atoms with E-state index < -0.39 is 0 Å². The van der Waals surface area contributed by atoms with Crippen molar-refractivity contribution >= 4 is 25.3 Å². The Hall–Kier alpha value is 0.700. The summed E-state index contributed by atoms with van der Waals surface area (Å²) >= 11 is 9.19. The molecule has 2 heteroatoms. The fourth-order valence-electron chi connectivity index (χ4n) is 0. The van der Waals surface area contributed by atoms with Crippen LogP contribution in [0.3, 0.4) is 0 Å². The van der Waals surface area contributed by atoms with Crippen LogP contribution in [0.15, 0.2) is 0 Å². The first-order valence-corrected chi connectivity index (χ1v) is 2.53. The van der Waals surface area contributed by atoms with Crippen LogP contribution in [-0.4, -0.2) is 4.58 Å². The standard InChI is InChI=1S/C3H6S2/c1-2-3(4)5/h3H,2H2,1H3. The van der Waals surface area contributed by atoms with E-state index in [2.05, 4.69) is 25.3 Å². The number of hydrogen-bond donors (Lipinski definition) is 0. The molecule has 0 rings (SSSR count). The fraction of sp³-hybridized carbons (Fsp3) is 1.00. The summed E-state index contributed by atoms with van der Waals surface area (Å²) in [5.41, 5.74) is 0. The highest BCUT2D eigenvalue weighted by Gasteiger charge is 1.85. The van der Waals surface area contributed by atoms with Gasteiger partial charge in [0.05, 0.1) is 4.58 Å². The SMILES string of the molecule is CCC([S])[S]. The highest BCUT2D eigenvalue weighted by molar-refractivity contribution is 7.99. The molecule has 5 heavy (non-hydrogen) atoms. The number of rotatable bonds is 1. The van der Waals surface area contributed by atoms with Gasteiger partial charge in [0.25, 0.3) is 0 Å². The maximum atomic E-state index is 4.59. The molecule has 0 N–H and O–H groups in total. The third-order valence-electron chi connectivity index (χ3n) is 0.333. The minimum Gasteiger partial charge on any atom is -0.0777 e. The van der Waals surface area contributed by atoms with Crippen LogP contribution in [0.4, 0.5) is 0 Å². The van der Waals surface area contributed by atoms with Crippen LogP contribution in [0.2, 0.25) is 0 Å². The molecule has 2 radical (unpaired) electrons. The van der Waals surface area contributed by atoms with Crippen molar-refractivity contribution in [2.24, 2.45) is 0 Å². The summed E-state index contributed by atoms with van der Waals surface area (Å²) in [7, 11) is 0. The van der Waals surface area contributed by atoms with E-state index in [1.807, 2.05) is 6.92 Å². The first-order chi connectivity index (χ1) is 2.27. The molecule has 0 spiro atoms. The Morgan fingerprint density at radius 2 is 1.80 bits per heavy atom. The second-order valence-electron chi connectivity index (χ2n) is 0.838. The van der Waals surface area contributed by atoms with Crippen LogP contribution in [0.5, 0.6) is 0 Å². The van der Waals surface area contributed by atoms with Gasteiger partial charge in [-0.05, 0) is 6.42 Å². The zero-order valence-electron chi connectivity index (χ0n) is 3.10. The molecule has 30 valence electrons. The van der Waals surface area contributed by atoms with Gasteiger partial charge >= 0.3 is 0 Å². The van der Waals surface area contributed by atoms with E-state index >= 15 is 0 Å². The lowest BCUT2D eigenvalue weighted by Crippen LogP contribution is -1.76. The first kappa shape index (κ1) is 5.70. The monoisotopic (exact) mass is 106 g/mol. The molecule has 0 aromatic rings. The molecule has 0 aliphatic heterocycles. The molecule has 0 aromatic heterocycles. The normalized spacial score (nSPS) is 9.60. The lowest BCUT2D eigenvalue weighted by Gasteiger charge is -1.85. The molecule has 0 aromatic carbocycles. The van der Waals surface area contributed by atoms with Crippen LogP contribution in [0, 0.1) is 0 Å². The Balaban J connectivity index is 2.54. The van der Waals surface area contributed by atoms with Crippen molar-refractivity contribution in [2.75, 3.05) is 0 Å². The van der Waals surface area contributed by atoms with E-state index in [4.69, 9.17) is 0 Å². The molecule has 0 heterocycles. The largest absolute Gasteiger partial charge is 0.0777 e. The first-order valence-electron chi connectivity index (χ1n) is 1.59. The third kappa shape index (κ3) is 4.70. The van der Waals surface area contributed by atoms with E-state index in [-0.39, 0.29) is 4.58 Å². The quantitative estimate of drug-likeness (QED) is 0.480. The second kappa shape index (κ2) is 2.91. The van der Waals surface area contributed by atoms with Crippen molar-refractivity contribution in [1.29, 1.82) is 0 Å². The molecule has 0 saturated carbocycles. The minimum atomic E-state index is 0.0509. The predicted molar refractivity (Wildman–Crippen MR) is 29.3 cm³/mol. The van der Waals surface area contributed by atoms with Gasteiger partial charge in [-0.2, -0.15) is 0 Å². The molecule has 0 amide bonds. The van der Waals surface area contributed by atoms with Crippen LogP contribution < -0.4 is 0 Å². The van der Waals surface area contributed by atoms with Gasteiger partial charge in [0.1, 0.15) is 0 Å². The summed E-state index contributed by atoms with van der Waals surface area (Å²) < 4.78 is 0.0509. The van der Waals surface area contributed by atoms with Crippen LogP contribution in [-0.2, 0) is 0 Å². The highest BCUT2D eigenvalue weighted by Crippen LogP contribution is 2.01. The van der Waals surface area contributed by atoms with Gasteiger partial charge in [0, 0.05) is 0 Å². The summed E-state index contributed by atoms with van der Waals surface area (Å²) in [5, 5.41) is 0. The third-order valence-corrected chi connectivity index (χ3v) is 1.000. The van der Waals surface area contributed by atoms with E-state index in [9.17, 15) is 0 Å². The summed E-state index contributed by atoms with van der Waals surface area (Å²) in [6.45, 7) is 1.99. The second-order valence-corrected chi connectivity index (χ2v) is 2.27. The summed E-state index contributed by atoms with van der Waals surface area (Å²) in [4.78, 5) is 0. The lowest BCUT2D eigenvalue weighted by molar-refractivity contribution is 1.07. The molecule has 0 saturated heterocycles. The van der Waals surface area contributed by atoms with E-state index in [1.165, 1.54) is 0 Å². The van der Waals surface area contributed by atoms with Crippen molar-refractivity contribution in [3.8, 4) is 0 Å². The summed E-state index contributed by atoms with van der Waals surface area (Å²) in [6.07, 6.45) is 0.935. The molecule has 0 aliphatic rings. The van der Waals surface area contributed by atoms with Crippen molar-refractivity contribution in [3.05, 3.63) is 0 Å². The molecule has 0 atom stereocenters. The van der Waals surface area contributed by atoms with Gasteiger partial charge in [0.2, 0.25) is 0 Å². The van der Waals surface area contributed by atoms with Crippen molar-refractivity contribution in [2.45, 2.75) is 17.9 Å². The maximum absolute atomic E-state index is 4.59. The smallest absolute Gasteiger partial charge is 0.0707 e. The van der Waals surface area contributed by atoms with Crippen molar-refractivity contribution in [3.63, 3.8) is 0 Å². The van der Waals surface area contributed by atoms with E-state index in [1.54, 1.807) is 0 Å². The molecular weight excluding hydrogens is 100 g/mol. The van der Waals surface area contributed by atoms with Gasteiger partial charge in [-0.25, -0.2) is 0 Å². The van der Waals surface area contributed by atoms with Gasteiger partial charge in [-0.1, -0.05) is 32.2 Å². The van der Waals surface area contributed by atoms with E-state index in [0.29, 0.717) is 0 Å². The Morgan fingerprint density at radius 1 is 1.60 bits per heavy atom. The zero-order valence-corrected chi connectivity index (χ0v) is 4.73. The Morgan fingerprint density at radius 3 is 1.80 bits per heavy atom. The van der Waals surface area contributed by atoms with Crippen molar-refractivity contribution in [1.82, 2.24) is 0 Å².